The van der Waals surface area contributed by atoms with E-state index in [-0.39, 0.29) is 30.0 Å². The summed E-state index contributed by atoms with van der Waals surface area (Å²) >= 11 is 0. The largest absolute Gasteiger partial charge is 0.456 e. The van der Waals surface area contributed by atoms with E-state index in [1.165, 1.54) is 6.20 Å². The van der Waals surface area contributed by atoms with Gasteiger partial charge in [0.1, 0.15) is 11.5 Å². The highest BCUT2D eigenvalue weighted by Gasteiger charge is 2.23. The lowest BCUT2D eigenvalue weighted by Gasteiger charge is -2.06. The van der Waals surface area contributed by atoms with E-state index < -0.39 is 24.5 Å². The molecule has 0 saturated heterocycles. The fourth-order valence-corrected chi connectivity index (χ4v) is 2.12. The second kappa shape index (κ2) is 9.21. The molecule has 1 aromatic heterocycles. The number of ether oxygens (including phenoxy) is 1. The Kier molecular flexibility index (Phi) is 6.72. The van der Waals surface area contributed by atoms with Crippen LogP contribution >= 0.6 is 0 Å². The number of nitrogens with one attached hydrogen (secondary N) is 2. The second-order valence-electron chi connectivity index (χ2n) is 5.42. The molecule has 9 heteroatoms. The maximum atomic E-state index is 11.9. The summed E-state index contributed by atoms with van der Waals surface area (Å²) in [5.74, 6) is -0.955. The van der Waals surface area contributed by atoms with Crippen molar-refractivity contribution in [2.75, 3.05) is 11.9 Å². The number of amides is 3. The molecular weight excluding hydrogens is 340 g/mol. The highest BCUT2D eigenvalue weighted by atomic mass is 16.5. The number of esters is 1. The molecule has 1 aromatic rings. The zero-order valence-electron chi connectivity index (χ0n) is 14.0. The summed E-state index contributed by atoms with van der Waals surface area (Å²) in [6.07, 6.45) is 2.58. The molecule has 26 heavy (non-hydrogen) atoms. The Labute approximate surface area is 149 Å². The van der Waals surface area contributed by atoms with Crippen LogP contribution in [0.15, 0.2) is 41.7 Å². The molecule has 0 unspecified atom stereocenters. The number of aliphatic imine (C=N–C) groups is 1. The third kappa shape index (κ3) is 5.93. The number of carbonyl (C=O) groups excluding carboxylic acids is 4. The number of carbonyl (C=O) groups is 4. The molecule has 0 bridgehead atoms. The van der Waals surface area contributed by atoms with Gasteiger partial charge in [0.25, 0.3) is 5.91 Å². The van der Waals surface area contributed by atoms with Gasteiger partial charge in [-0.25, -0.2) is 9.78 Å². The smallest absolute Gasteiger partial charge is 0.346 e. The van der Waals surface area contributed by atoms with Crippen LogP contribution in [0.1, 0.15) is 25.7 Å². The van der Waals surface area contributed by atoms with Crippen LogP contribution in [-0.2, 0) is 19.1 Å². The minimum atomic E-state index is -0.606. The third-order valence-electron chi connectivity index (χ3n) is 3.35. The van der Waals surface area contributed by atoms with E-state index in [1.807, 2.05) is 0 Å². The lowest BCUT2D eigenvalue weighted by molar-refractivity contribution is -0.147. The summed E-state index contributed by atoms with van der Waals surface area (Å²) in [7, 11) is 0. The molecule has 0 fully saturated rings. The Morgan fingerprint density at radius 3 is 2.62 bits per heavy atom. The van der Waals surface area contributed by atoms with E-state index in [9.17, 15) is 19.2 Å². The molecular formula is C17H18N4O5. The van der Waals surface area contributed by atoms with Crippen LogP contribution in [0.2, 0.25) is 0 Å². The van der Waals surface area contributed by atoms with Crippen LogP contribution in [0, 0.1) is 0 Å². The van der Waals surface area contributed by atoms with Gasteiger partial charge in [0.15, 0.2) is 12.4 Å². The van der Waals surface area contributed by atoms with Crippen LogP contribution < -0.4 is 10.6 Å². The lowest BCUT2D eigenvalue weighted by atomic mass is 10.1. The average molecular weight is 358 g/mol. The van der Waals surface area contributed by atoms with Crippen molar-refractivity contribution in [3.63, 3.8) is 0 Å². The molecule has 9 nitrogen and oxygen atoms in total. The predicted molar refractivity (Wildman–Crippen MR) is 92.4 cm³/mol. The van der Waals surface area contributed by atoms with E-state index in [0.29, 0.717) is 18.7 Å². The zero-order valence-corrected chi connectivity index (χ0v) is 14.0. The molecule has 2 heterocycles. The Morgan fingerprint density at radius 1 is 1.19 bits per heavy atom. The van der Waals surface area contributed by atoms with Gasteiger partial charge in [0.05, 0.1) is 5.70 Å². The fraction of sp³-hybridized carbons (Fsp3) is 0.294. The van der Waals surface area contributed by atoms with Crippen molar-refractivity contribution >= 4 is 35.2 Å². The minimum absolute atomic E-state index is 0.0313. The van der Waals surface area contributed by atoms with Gasteiger partial charge in [-0.2, -0.15) is 4.99 Å². The summed E-state index contributed by atoms with van der Waals surface area (Å²) in [6, 6.07) is 4.44. The van der Waals surface area contributed by atoms with Crippen LogP contribution in [0.25, 0.3) is 0 Å². The number of Topliss-reactive ketones (excluding diaryl/α,β-unsaturated/α-hetero) is 1. The number of nitrogens with zero attached hydrogens (tertiary/aromatic N) is 2. The standard InChI is InChI=1S/C17H18N4O5/c1-11-16(21-17(25)19-11)12(22)6-2-3-8-15(24)26-10-14(23)20-13-7-4-5-9-18-13/h4-5,7,9H,1-3,6,8,10H2,(H,19,25)(H,18,20,23). The number of hydrogen-bond donors (Lipinski definition) is 2. The number of urea groups is 1. The van der Waals surface area contributed by atoms with Crippen molar-refractivity contribution in [1.29, 1.82) is 0 Å². The summed E-state index contributed by atoms with van der Waals surface area (Å²) in [6.45, 7) is 3.13. The van der Waals surface area contributed by atoms with Gasteiger partial charge in [-0.05, 0) is 25.0 Å². The second-order valence-corrected chi connectivity index (χ2v) is 5.42. The number of allylic oxidation sites excluding steroid dienone is 1. The molecule has 2 N–H and O–H groups in total. The van der Waals surface area contributed by atoms with Crippen LogP contribution in [0.5, 0.6) is 0 Å². The zero-order chi connectivity index (χ0) is 18.9. The van der Waals surface area contributed by atoms with Gasteiger partial charge in [-0.1, -0.05) is 12.6 Å². The first-order valence-electron chi connectivity index (χ1n) is 7.94. The molecule has 1 aliphatic heterocycles. The first kappa shape index (κ1) is 19.0. The lowest BCUT2D eigenvalue weighted by Crippen LogP contribution is -2.21. The molecule has 0 saturated carbocycles. The van der Waals surface area contributed by atoms with Gasteiger partial charge in [0, 0.05) is 19.0 Å². The molecule has 0 aromatic carbocycles. The van der Waals surface area contributed by atoms with Crippen LogP contribution in [0.3, 0.4) is 0 Å². The highest BCUT2D eigenvalue weighted by molar-refractivity contribution is 6.49. The normalized spacial score (nSPS) is 13.0. The fourth-order valence-electron chi connectivity index (χ4n) is 2.12. The van der Waals surface area contributed by atoms with Gasteiger partial charge >= 0.3 is 12.0 Å². The third-order valence-corrected chi connectivity index (χ3v) is 3.35. The molecule has 2 rings (SSSR count). The number of hydrogen-bond acceptors (Lipinski definition) is 6. The average Bonchev–Trinajstić information content (AvgIpc) is 2.96. The van der Waals surface area contributed by atoms with E-state index in [1.54, 1.807) is 18.2 Å². The number of ketones is 1. The number of rotatable bonds is 9. The number of anilines is 1. The highest BCUT2D eigenvalue weighted by Crippen LogP contribution is 2.09. The van der Waals surface area contributed by atoms with Gasteiger partial charge in [0.2, 0.25) is 0 Å². The van der Waals surface area contributed by atoms with E-state index in [2.05, 4.69) is 27.2 Å². The first-order valence-corrected chi connectivity index (χ1v) is 7.94. The molecule has 0 atom stereocenters. The van der Waals surface area contributed by atoms with Gasteiger partial charge in [-0.15, -0.1) is 0 Å². The van der Waals surface area contributed by atoms with Gasteiger partial charge in [-0.3, -0.25) is 14.4 Å². The SMILES string of the molecule is C=C1NC(=O)N=C1C(=O)CCCCC(=O)OCC(=O)Nc1ccccn1. The van der Waals surface area contributed by atoms with Crippen molar-refractivity contribution in [1.82, 2.24) is 10.3 Å². The molecule has 136 valence electrons. The number of unbranched alkanes of at least 4 members (excludes halogenated alkanes) is 1. The van der Waals surface area contributed by atoms with Gasteiger partial charge < -0.3 is 15.4 Å². The van der Waals surface area contributed by atoms with Crippen molar-refractivity contribution in [2.45, 2.75) is 25.7 Å². The van der Waals surface area contributed by atoms with E-state index >= 15 is 0 Å². The predicted octanol–water partition coefficient (Wildman–Crippen LogP) is 1.37. The Balaban J connectivity index is 1.59. The summed E-state index contributed by atoms with van der Waals surface area (Å²) in [5.41, 5.74) is 0.224. The monoisotopic (exact) mass is 358 g/mol. The first-order chi connectivity index (χ1) is 12.5. The molecule has 1 aliphatic rings. The Morgan fingerprint density at radius 2 is 1.96 bits per heavy atom. The molecule has 0 aliphatic carbocycles. The Bertz CT molecular complexity index is 758. The topological polar surface area (TPSA) is 127 Å². The van der Waals surface area contributed by atoms with E-state index in [0.717, 1.165) is 0 Å². The molecule has 0 radical (unpaired) electrons. The maximum Gasteiger partial charge on any atom is 0.346 e. The quantitative estimate of drug-likeness (QED) is 0.507. The maximum absolute atomic E-state index is 11.9. The number of pyridine rings is 1. The summed E-state index contributed by atoms with van der Waals surface area (Å²) in [4.78, 5) is 53.6. The van der Waals surface area contributed by atoms with Crippen molar-refractivity contribution in [2.24, 2.45) is 4.99 Å². The van der Waals surface area contributed by atoms with E-state index in [4.69, 9.17) is 4.74 Å². The van der Waals surface area contributed by atoms with Crippen molar-refractivity contribution in [3.05, 3.63) is 36.7 Å². The van der Waals surface area contributed by atoms with Crippen LogP contribution in [0.4, 0.5) is 10.6 Å². The summed E-state index contributed by atoms with van der Waals surface area (Å²) < 4.78 is 4.86. The summed E-state index contributed by atoms with van der Waals surface area (Å²) in [5, 5.41) is 4.82. The molecule has 3 amide bonds. The Hall–Kier alpha value is -3.36. The van der Waals surface area contributed by atoms with Crippen molar-refractivity contribution in [3.8, 4) is 0 Å². The number of aromatic nitrogens is 1. The molecule has 0 spiro atoms. The van der Waals surface area contributed by atoms with Crippen molar-refractivity contribution < 1.29 is 23.9 Å². The minimum Gasteiger partial charge on any atom is -0.456 e. The van der Waals surface area contributed by atoms with Crippen LogP contribution in [-0.4, -0.2) is 41.0 Å².